The van der Waals surface area contributed by atoms with E-state index in [1.165, 1.54) is 57.5 Å². The Morgan fingerprint density at radius 1 is 1.22 bits per heavy atom. The lowest BCUT2D eigenvalue weighted by molar-refractivity contribution is 0.171. The molecule has 0 spiro atoms. The van der Waals surface area contributed by atoms with Gasteiger partial charge in [-0.15, -0.1) is 0 Å². The number of hydrogen-bond acceptors (Lipinski definition) is 3. The summed E-state index contributed by atoms with van der Waals surface area (Å²) in [4.78, 5) is 2.74. The highest BCUT2D eigenvalue weighted by Gasteiger charge is 2.28. The maximum Gasteiger partial charge on any atom is 0.0172 e. The van der Waals surface area contributed by atoms with Crippen LogP contribution in [0.3, 0.4) is 0 Å². The van der Waals surface area contributed by atoms with Crippen LogP contribution in [0.4, 0.5) is 0 Å². The van der Waals surface area contributed by atoms with Crippen LogP contribution >= 0.6 is 11.8 Å². The predicted octanol–water partition coefficient (Wildman–Crippen LogP) is 2.98. The van der Waals surface area contributed by atoms with Crippen LogP contribution in [-0.4, -0.2) is 48.1 Å². The van der Waals surface area contributed by atoms with Crippen molar-refractivity contribution in [2.75, 3.05) is 31.9 Å². The summed E-state index contributed by atoms with van der Waals surface area (Å²) in [6, 6.07) is 0.790. The lowest BCUT2D eigenvalue weighted by Crippen LogP contribution is -2.47. The van der Waals surface area contributed by atoms with Crippen molar-refractivity contribution in [1.82, 2.24) is 10.2 Å². The molecular weight excluding hydrogens is 240 g/mol. The molecule has 1 saturated heterocycles. The van der Waals surface area contributed by atoms with Crippen LogP contribution < -0.4 is 5.32 Å². The van der Waals surface area contributed by atoms with E-state index in [4.69, 9.17) is 0 Å². The maximum atomic E-state index is 3.72. The van der Waals surface area contributed by atoms with Gasteiger partial charge in [-0.05, 0) is 31.7 Å². The Balaban J connectivity index is 1.82. The van der Waals surface area contributed by atoms with Crippen LogP contribution in [0.25, 0.3) is 0 Å². The fourth-order valence-corrected chi connectivity index (χ4v) is 4.73. The number of hydrogen-bond donors (Lipinski definition) is 1. The van der Waals surface area contributed by atoms with Crippen molar-refractivity contribution in [3.05, 3.63) is 0 Å². The van der Waals surface area contributed by atoms with Gasteiger partial charge in [-0.3, -0.25) is 0 Å². The first-order chi connectivity index (χ1) is 8.83. The van der Waals surface area contributed by atoms with E-state index in [0.29, 0.717) is 0 Å². The fourth-order valence-electron chi connectivity index (χ4n) is 3.48. The van der Waals surface area contributed by atoms with Gasteiger partial charge in [0.2, 0.25) is 0 Å². The van der Waals surface area contributed by atoms with E-state index in [1.54, 1.807) is 0 Å². The molecule has 2 nitrogen and oxygen atoms in total. The quantitative estimate of drug-likeness (QED) is 0.827. The molecule has 18 heavy (non-hydrogen) atoms. The molecule has 1 N–H and O–H groups in total. The Morgan fingerprint density at radius 2 is 2.06 bits per heavy atom. The number of rotatable bonds is 5. The predicted molar refractivity (Wildman–Crippen MR) is 82.4 cm³/mol. The first-order valence-electron chi connectivity index (χ1n) is 7.90. The zero-order valence-corrected chi connectivity index (χ0v) is 13.0. The normalized spacial score (nSPS) is 34.7. The summed E-state index contributed by atoms with van der Waals surface area (Å²) in [7, 11) is 0. The average Bonchev–Trinajstić information content (AvgIpc) is 2.41. The molecule has 3 heteroatoms. The lowest BCUT2D eigenvalue weighted by Gasteiger charge is -2.39. The van der Waals surface area contributed by atoms with Gasteiger partial charge < -0.3 is 10.2 Å². The molecule has 2 aliphatic rings. The molecule has 1 heterocycles. The maximum absolute atomic E-state index is 3.72. The topological polar surface area (TPSA) is 15.3 Å². The van der Waals surface area contributed by atoms with Gasteiger partial charge in [0.25, 0.3) is 0 Å². The van der Waals surface area contributed by atoms with E-state index < -0.39 is 0 Å². The van der Waals surface area contributed by atoms with Crippen molar-refractivity contribution in [3.63, 3.8) is 0 Å². The van der Waals surface area contributed by atoms with Crippen LogP contribution in [0.1, 0.15) is 46.0 Å². The van der Waals surface area contributed by atoms with E-state index >= 15 is 0 Å². The van der Waals surface area contributed by atoms with E-state index in [9.17, 15) is 0 Å². The van der Waals surface area contributed by atoms with Crippen LogP contribution in [0, 0.1) is 5.92 Å². The third-order valence-corrected chi connectivity index (χ3v) is 5.92. The molecule has 0 aromatic rings. The molecular formula is C15H30N2S. The van der Waals surface area contributed by atoms with E-state index in [0.717, 1.165) is 23.8 Å². The molecule has 0 bridgehead atoms. The van der Waals surface area contributed by atoms with E-state index in [-0.39, 0.29) is 0 Å². The standard InChI is InChI=1S/C15H30N2S/c1-3-14-12-17(9-10-18-14)11-13-7-5-6-8-15(13)16-4-2/h13-16H,3-12H2,1-2H3. The molecule has 106 valence electrons. The van der Waals surface area contributed by atoms with Gasteiger partial charge in [0.15, 0.2) is 0 Å². The number of thioether (sulfide) groups is 1. The van der Waals surface area contributed by atoms with Crippen molar-refractivity contribution < 1.29 is 0 Å². The largest absolute Gasteiger partial charge is 0.314 e. The highest BCUT2D eigenvalue weighted by Crippen LogP contribution is 2.28. The van der Waals surface area contributed by atoms with Crippen molar-refractivity contribution in [1.29, 1.82) is 0 Å². The van der Waals surface area contributed by atoms with E-state index in [1.807, 2.05) is 0 Å². The molecule has 3 unspecified atom stereocenters. The number of nitrogens with zero attached hydrogens (tertiary/aromatic N) is 1. The molecule has 2 rings (SSSR count). The van der Waals surface area contributed by atoms with Gasteiger partial charge in [-0.25, -0.2) is 0 Å². The molecule has 0 radical (unpaired) electrons. The summed E-state index contributed by atoms with van der Waals surface area (Å²) in [5.41, 5.74) is 0. The summed E-state index contributed by atoms with van der Waals surface area (Å²) >= 11 is 2.18. The Bertz CT molecular complexity index is 233. The minimum absolute atomic E-state index is 0.790. The highest BCUT2D eigenvalue weighted by atomic mass is 32.2. The van der Waals surface area contributed by atoms with Crippen LogP contribution in [0.2, 0.25) is 0 Å². The van der Waals surface area contributed by atoms with Crippen LogP contribution in [0.15, 0.2) is 0 Å². The zero-order valence-electron chi connectivity index (χ0n) is 12.2. The molecule has 0 aromatic carbocycles. The third-order valence-electron chi connectivity index (χ3n) is 4.55. The molecule has 3 atom stereocenters. The monoisotopic (exact) mass is 270 g/mol. The summed E-state index contributed by atoms with van der Waals surface area (Å²) in [5, 5.41) is 4.61. The second-order valence-corrected chi connectivity index (χ2v) is 7.28. The van der Waals surface area contributed by atoms with Gasteiger partial charge in [-0.2, -0.15) is 11.8 Å². The molecule has 0 amide bonds. The Kier molecular flexibility index (Phi) is 6.33. The van der Waals surface area contributed by atoms with Crippen molar-refractivity contribution in [3.8, 4) is 0 Å². The van der Waals surface area contributed by atoms with Gasteiger partial charge in [-0.1, -0.05) is 26.7 Å². The smallest absolute Gasteiger partial charge is 0.0172 e. The minimum Gasteiger partial charge on any atom is -0.314 e. The second-order valence-electron chi connectivity index (χ2n) is 5.87. The van der Waals surface area contributed by atoms with Gasteiger partial charge in [0, 0.05) is 36.7 Å². The minimum atomic E-state index is 0.790. The van der Waals surface area contributed by atoms with Gasteiger partial charge in [0.1, 0.15) is 0 Å². The van der Waals surface area contributed by atoms with Crippen molar-refractivity contribution >= 4 is 11.8 Å². The zero-order chi connectivity index (χ0) is 12.8. The molecule has 1 saturated carbocycles. The van der Waals surface area contributed by atoms with Crippen molar-refractivity contribution in [2.45, 2.75) is 57.2 Å². The van der Waals surface area contributed by atoms with Gasteiger partial charge >= 0.3 is 0 Å². The molecule has 1 aliphatic heterocycles. The summed E-state index contributed by atoms with van der Waals surface area (Å²) in [6.45, 7) is 9.70. The van der Waals surface area contributed by atoms with Gasteiger partial charge in [0.05, 0.1) is 0 Å². The highest BCUT2D eigenvalue weighted by molar-refractivity contribution is 8.00. The first-order valence-corrected chi connectivity index (χ1v) is 8.95. The van der Waals surface area contributed by atoms with Crippen molar-refractivity contribution in [2.24, 2.45) is 5.92 Å². The summed E-state index contributed by atoms with van der Waals surface area (Å²) in [6.07, 6.45) is 7.06. The molecule has 2 fully saturated rings. The fraction of sp³-hybridized carbons (Fsp3) is 1.00. The first kappa shape index (κ1) is 14.7. The number of nitrogens with one attached hydrogen (secondary N) is 1. The summed E-state index contributed by atoms with van der Waals surface area (Å²) < 4.78 is 0. The SMILES string of the molecule is CCNC1CCCCC1CN1CCSC(CC)C1. The lowest BCUT2D eigenvalue weighted by atomic mass is 9.84. The molecule has 0 aromatic heterocycles. The Hall–Kier alpha value is 0.270. The van der Waals surface area contributed by atoms with Crippen LogP contribution in [0.5, 0.6) is 0 Å². The summed E-state index contributed by atoms with van der Waals surface area (Å²) in [5.74, 6) is 2.25. The third kappa shape index (κ3) is 4.14. The van der Waals surface area contributed by atoms with Crippen LogP contribution in [-0.2, 0) is 0 Å². The Labute approximate surface area is 117 Å². The Morgan fingerprint density at radius 3 is 2.83 bits per heavy atom. The second kappa shape index (κ2) is 7.76. The average molecular weight is 270 g/mol. The van der Waals surface area contributed by atoms with E-state index in [2.05, 4.69) is 35.8 Å². The molecule has 1 aliphatic carbocycles.